The molecule has 0 radical (unpaired) electrons. The summed E-state index contributed by atoms with van der Waals surface area (Å²) >= 11 is 0. The molecule has 1 saturated heterocycles. The first kappa shape index (κ1) is 28.1. The fourth-order valence-electron chi connectivity index (χ4n) is 5.98. The second-order valence-corrected chi connectivity index (χ2v) is 11.1. The molecule has 4 atom stereocenters. The van der Waals surface area contributed by atoms with Crippen molar-refractivity contribution in [2.75, 3.05) is 25.1 Å². The van der Waals surface area contributed by atoms with Gasteiger partial charge in [0.2, 0.25) is 5.95 Å². The van der Waals surface area contributed by atoms with Crippen LogP contribution in [-0.2, 0) is 15.1 Å². The van der Waals surface area contributed by atoms with Crippen molar-refractivity contribution in [3.63, 3.8) is 0 Å². The average Bonchev–Trinajstić information content (AvgIpc) is 3.35. The number of benzene rings is 1. The zero-order chi connectivity index (χ0) is 29.4. The van der Waals surface area contributed by atoms with Crippen LogP contribution in [0.3, 0.4) is 0 Å². The number of nitrogens with two attached hydrogens (primary N) is 1. The molecule has 2 fully saturated rings. The molecule has 42 heavy (non-hydrogen) atoms. The Labute approximate surface area is 241 Å². The summed E-state index contributed by atoms with van der Waals surface area (Å²) in [5.74, 6) is -1.00. The van der Waals surface area contributed by atoms with Gasteiger partial charge in [0, 0.05) is 12.2 Å². The highest BCUT2D eigenvalue weighted by molar-refractivity contribution is 5.66. The maximum atomic E-state index is 15.2. The van der Waals surface area contributed by atoms with E-state index in [9.17, 15) is 5.11 Å². The van der Waals surface area contributed by atoms with Crippen molar-refractivity contribution in [3.05, 3.63) is 71.7 Å². The molecule has 10 nitrogen and oxygen atoms in total. The lowest BCUT2D eigenvalue weighted by atomic mass is 9.74. The molecule has 6 rings (SSSR count). The third kappa shape index (κ3) is 5.20. The summed E-state index contributed by atoms with van der Waals surface area (Å²) in [6.45, 7) is 2.44. The number of anilines is 2. The molecule has 0 spiro atoms. The number of imidazole rings is 1. The number of nitrogens with zero attached hydrogens (tertiary/aromatic N) is 5. The van der Waals surface area contributed by atoms with Gasteiger partial charge < -0.3 is 25.6 Å². The molecule has 218 valence electrons. The van der Waals surface area contributed by atoms with Crippen LogP contribution in [0.2, 0.25) is 0 Å². The average molecular weight is 576 g/mol. The first-order valence-corrected chi connectivity index (χ1v) is 13.9. The Hall–Kier alpha value is -4.02. The third-order valence-corrected chi connectivity index (χ3v) is 8.16. The van der Waals surface area contributed by atoms with Crippen LogP contribution in [0.5, 0.6) is 0 Å². The fraction of sp³-hybridized carbons (Fsp3) is 0.400. The normalized spacial score (nSPS) is 23.3. The Morgan fingerprint density at radius 1 is 1.21 bits per heavy atom. The minimum Gasteiger partial charge on any atom is -0.380 e. The molecular weight excluding hydrogens is 544 g/mol. The lowest BCUT2D eigenvalue weighted by Crippen LogP contribution is -2.46. The SMILES string of the molecule is CC1CC(c2ccncc2Nc2ncc3ccc(-c4c(F)cc(C5(O)COC5)cc4F)nn23)CC(N)C1OCCC#N. The monoisotopic (exact) mass is 575 g/mol. The van der Waals surface area contributed by atoms with Gasteiger partial charge in [-0.05, 0) is 66.1 Å². The highest BCUT2D eigenvalue weighted by Crippen LogP contribution is 2.40. The topological polar surface area (TPSA) is 144 Å². The summed E-state index contributed by atoms with van der Waals surface area (Å²) in [6.07, 6.45) is 6.79. The Morgan fingerprint density at radius 3 is 2.69 bits per heavy atom. The molecule has 4 heterocycles. The van der Waals surface area contributed by atoms with E-state index < -0.39 is 17.2 Å². The van der Waals surface area contributed by atoms with Crippen LogP contribution in [0.4, 0.5) is 20.4 Å². The second-order valence-electron chi connectivity index (χ2n) is 11.1. The predicted octanol–water partition coefficient (Wildman–Crippen LogP) is 4.17. The number of fused-ring (bicyclic) bond motifs is 1. The molecule has 1 saturated carbocycles. The largest absolute Gasteiger partial charge is 0.380 e. The van der Waals surface area contributed by atoms with Gasteiger partial charge in [-0.3, -0.25) is 4.98 Å². The highest BCUT2D eigenvalue weighted by atomic mass is 19.1. The number of aliphatic hydroxyl groups is 1. The Balaban J connectivity index is 1.27. The maximum Gasteiger partial charge on any atom is 0.229 e. The van der Waals surface area contributed by atoms with Gasteiger partial charge >= 0.3 is 0 Å². The summed E-state index contributed by atoms with van der Waals surface area (Å²) in [5, 5.41) is 27.1. The number of hydrogen-bond acceptors (Lipinski definition) is 9. The van der Waals surface area contributed by atoms with E-state index in [0.717, 1.165) is 29.8 Å². The van der Waals surface area contributed by atoms with E-state index >= 15 is 8.78 Å². The number of pyridine rings is 1. The molecular formula is C30H31F2N7O3. The number of aromatic nitrogens is 4. The van der Waals surface area contributed by atoms with Crippen LogP contribution in [0, 0.1) is 28.9 Å². The first-order chi connectivity index (χ1) is 20.3. The predicted molar refractivity (Wildman–Crippen MR) is 150 cm³/mol. The summed E-state index contributed by atoms with van der Waals surface area (Å²) in [6, 6.07) is 9.31. The standard InChI is InChI=1S/C30H31F2N7O3/c1-17-9-18(10-24(34)28(17)42-8-2-6-33)21-5-7-35-14-26(21)37-29-36-13-20-3-4-25(38-39(20)29)27-22(31)11-19(12-23(27)32)30(40)15-41-16-30/h3-5,7,11-14,17-18,24,28,40H,2,8-10,15-16,34H2,1H3,(H,36,37). The number of nitrogens with one attached hydrogen (secondary N) is 1. The van der Waals surface area contributed by atoms with Crippen LogP contribution < -0.4 is 11.1 Å². The molecule has 2 aliphatic rings. The van der Waals surface area contributed by atoms with E-state index in [1.54, 1.807) is 24.7 Å². The first-order valence-electron chi connectivity index (χ1n) is 13.9. The maximum absolute atomic E-state index is 15.2. The summed E-state index contributed by atoms with van der Waals surface area (Å²) in [7, 11) is 0. The van der Waals surface area contributed by atoms with Gasteiger partial charge in [0.05, 0.1) is 73.3 Å². The van der Waals surface area contributed by atoms with Gasteiger partial charge in [0.25, 0.3) is 0 Å². The van der Waals surface area contributed by atoms with Crippen LogP contribution >= 0.6 is 0 Å². The minimum atomic E-state index is -1.40. The summed E-state index contributed by atoms with van der Waals surface area (Å²) < 4.78 is 42.8. The Bertz CT molecular complexity index is 1620. The van der Waals surface area contributed by atoms with Crippen molar-refractivity contribution < 1.29 is 23.4 Å². The smallest absolute Gasteiger partial charge is 0.229 e. The van der Waals surface area contributed by atoms with Crippen LogP contribution in [0.25, 0.3) is 16.8 Å². The van der Waals surface area contributed by atoms with E-state index in [4.69, 9.17) is 20.5 Å². The molecule has 12 heteroatoms. The summed E-state index contributed by atoms with van der Waals surface area (Å²) in [5.41, 5.74) is 7.39. The van der Waals surface area contributed by atoms with Crippen molar-refractivity contribution in [3.8, 4) is 17.3 Å². The third-order valence-electron chi connectivity index (χ3n) is 8.16. The van der Waals surface area contributed by atoms with Gasteiger partial charge in [0.15, 0.2) is 0 Å². The van der Waals surface area contributed by atoms with E-state index in [0.29, 0.717) is 30.9 Å². The van der Waals surface area contributed by atoms with Crippen molar-refractivity contribution in [1.29, 1.82) is 5.26 Å². The van der Waals surface area contributed by atoms with Gasteiger partial charge in [-0.15, -0.1) is 0 Å². The number of nitriles is 1. The molecule has 1 aromatic carbocycles. The molecule has 1 aliphatic carbocycles. The molecule has 3 aromatic heterocycles. The summed E-state index contributed by atoms with van der Waals surface area (Å²) in [4.78, 5) is 8.76. The Morgan fingerprint density at radius 2 is 2.00 bits per heavy atom. The zero-order valence-electron chi connectivity index (χ0n) is 23.0. The van der Waals surface area contributed by atoms with E-state index in [1.807, 2.05) is 6.07 Å². The van der Waals surface area contributed by atoms with Crippen LogP contribution in [-0.4, -0.2) is 56.7 Å². The number of hydrogen-bond donors (Lipinski definition) is 3. The van der Waals surface area contributed by atoms with Crippen molar-refractivity contribution in [2.24, 2.45) is 11.7 Å². The number of ether oxygens (including phenoxy) is 2. The van der Waals surface area contributed by atoms with Crippen LogP contribution in [0.15, 0.2) is 48.9 Å². The minimum absolute atomic E-state index is 0.0156. The quantitative estimate of drug-likeness (QED) is 0.264. The van der Waals surface area contributed by atoms with Gasteiger partial charge in [0.1, 0.15) is 17.2 Å². The molecule has 4 unspecified atom stereocenters. The second kappa shape index (κ2) is 11.3. The lowest BCUT2D eigenvalue weighted by Gasteiger charge is -2.39. The molecule has 1 aliphatic heterocycles. The zero-order valence-corrected chi connectivity index (χ0v) is 23.0. The van der Waals surface area contributed by atoms with Gasteiger partial charge in [-0.1, -0.05) is 6.92 Å². The van der Waals surface area contributed by atoms with Gasteiger partial charge in [-0.25, -0.2) is 13.8 Å². The van der Waals surface area contributed by atoms with Gasteiger partial charge in [-0.2, -0.15) is 14.9 Å². The van der Waals surface area contributed by atoms with Crippen molar-refractivity contribution in [2.45, 2.75) is 49.9 Å². The van der Waals surface area contributed by atoms with Crippen LogP contribution in [0.1, 0.15) is 43.2 Å². The molecule has 0 bridgehead atoms. The van der Waals surface area contributed by atoms with E-state index in [-0.39, 0.29) is 54.0 Å². The fourth-order valence-corrected chi connectivity index (χ4v) is 5.98. The number of halogens is 2. The lowest BCUT2D eigenvalue weighted by molar-refractivity contribution is -0.184. The highest BCUT2D eigenvalue weighted by Gasteiger charge is 2.39. The van der Waals surface area contributed by atoms with E-state index in [2.05, 4.69) is 33.4 Å². The van der Waals surface area contributed by atoms with Crippen molar-refractivity contribution in [1.82, 2.24) is 19.6 Å². The molecule has 4 N–H and O–H groups in total. The molecule has 0 amide bonds. The number of rotatable bonds is 8. The Kier molecular flexibility index (Phi) is 7.59. The molecule has 4 aromatic rings. The van der Waals surface area contributed by atoms with E-state index in [1.165, 1.54) is 10.6 Å². The van der Waals surface area contributed by atoms with Crippen molar-refractivity contribution >= 4 is 17.2 Å².